The van der Waals surface area contributed by atoms with Gasteiger partial charge in [0.1, 0.15) is 11.7 Å². The van der Waals surface area contributed by atoms with Crippen LogP contribution in [0.5, 0.6) is 0 Å². The zero-order valence-electron chi connectivity index (χ0n) is 8.26. The lowest BCUT2D eigenvalue weighted by atomic mass is 10.2. The second-order valence-electron chi connectivity index (χ2n) is 3.54. The lowest BCUT2D eigenvalue weighted by Gasteiger charge is -2.14. The van der Waals surface area contributed by atoms with E-state index in [1.807, 2.05) is 6.07 Å². The van der Waals surface area contributed by atoms with Crippen LogP contribution in [0, 0.1) is 5.82 Å². The Bertz CT molecular complexity index is 390. The fourth-order valence-corrected chi connectivity index (χ4v) is 1.79. The second-order valence-corrected chi connectivity index (χ2v) is 4.39. The molecule has 0 saturated carbocycles. The van der Waals surface area contributed by atoms with Crippen LogP contribution < -0.4 is 5.32 Å². The molecule has 0 atom stereocenters. The van der Waals surface area contributed by atoms with Gasteiger partial charge in [-0.2, -0.15) is 0 Å². The number of hydrogen-bond acceptors (Lipinski definition) is 2. The van der Waals surface area contributed by atoms with Gasteiger partial charge in [0.2, 0.25) is 0 Å². The molecule has 80 valence electrons. The largest absolute Gasteiger partial charge is 0.344 e. The summed E-state index contributed by atoms with van der Waals surface area (Å²) < 4.78 is 13.7. The Kier molecular flexibility index (Phi) is 3.36. The van der Waals surface area contributed by atoms with E-state index in [0.717, 1.165) is 37.3 Å². The van der Waals surface area contributed by atoms with E-state index < -0.39 is 0 Å². The molecule has 0 unspecified atom stereocenters. The summed E-state index contributed by atoms with van der Waals surface area (Å²) in [5.74, 6) is 0.708. The number of halogens is 2. The van der Waals surface area contributed by atoms with Gasteiger partial charge < -0.3 is 5.32 Å². The van der Waals surface area contributed by atoms with Gasteiger partial charge in [0.25, 0.3) is 0 Å². The maximum absolute atomic E-state index is 13.2. The monoisotopic (exact) mass is 270 g/mol. The third-order valence-electron chi connectivity index (χ3n) is 2.33. The molecule has 4 heteroatoms. The topological polar surface area (TPSA) is 24.4 Å². The van der Waals surface area contributed by atoms with Gasteiger partial charge in [-0.25, -0.2) is 4.39 Å². The minimum Gasteiger partial charge on any atom is -0.344 e. The molecule has 0 spiro atoms. The van der Waals surface area contributed by atoms with E-state index >= 15 is 0 Å². The first-order valence-corrected chi connectivity index (χ1v) is 5.80. The van der Waals surface area contributed by atoms with Gasteiger partial charge in [0.05, 0.1) is 4.47 Å². The zero-order valence-corrected chi connectivity index (χ0v) is 9.85. The van der Waals surface area contributed by atoms with Crippen LogP contribution in [-0.4, -0.2) is 12.4 Å². The van der Waals surface area contributed by atoms with Crippen molar-refractivity contribution in [2.24, 2.45) is 4.99 Å². The lowest BCUT2D eigenvalue weighted by Crippen LogP contribution is -2.16. The molecular weight excluding hydrogens is 259 g/mol. The van der Waals surface area contributed by atoms with Gasteiger partial charge in [-0.05, 0) is 47.0 Å². The highest BCUT2D eigenvalue weighted by molar-refractivity contribution is 9.10. The predicted octanol–water partition coefficient (Wildman–Crippen LogP) is 3.58. The normalized spacial score (nSPS) is 16.0. The van der Waals surface area contributed by atoms with Crippen molar-refractivity contribution in [2.75, 3.05) is 11.9 Å². The van der Waals surface area contributed by atoms with E-state index in [0.29, 0.717) is 4.47 Å². The van der Waals surface area contributed by atoms with Gasteiger partial charge in [-0.1, -0.05) is 0 Å². The quantitative estimate of drug-likeness (QED) is 0.829. The summed E-state index contributed by atoms with van der Waals surface area (Å²) in [6.45, 7) is 0.876. The number of aliphatic imine (C=N–C) groups is 1. The van der Waals surface area contributed by atoms with E-state index in [4.69, 9.17) is 0 Å². The SMILES string of the molecule is Fc1cc(NC2=NCCCC2)ccc1Br. The predicted molar refractivity (Wildman–Crippen MR) is 63.9 cm³/mol. The van der Waals surface area contributed by atoms with Gasteiger partial charge >= 0.3 is 0 Å². The number of amidine groups is 1. The second kappa shape index (κ2) is 4.75. The first kappa shape index (κ1) is 10.6. The Labute approximate surface area is 96.7 Å². The number of anilines is 1. The minimum atomic E-state index is -0.253. The third-order valence-corrected chi connectivity index (χ3v) is 2.98. The van der Waals surface area contributed by atoms with Crippen molar-refractivity contribution in [3.63, 3.8) is 0 Å². The number of rotatable bonds is 1. The van der Waals surface area contributed by atoms with Crippen LogP contribution in [0.1, 0.15) is 19.3 Å². The van der Waals surface area contributed by atoms with E-state index in [2.05, 4.69) is 26.2 Å². The maximum Gasteiger partial charge on any atom is 0.139 e. The molecule has 0 radical (unpaired) electrons. The highest BCUT2D eigenvalue weighted by Crippen LogP contribution is 2.20. The van der Waals surface area contributed by atoms with E-state index in [9.17, 15) is 4.39 Å². The molecule has 0 fully saturated rings. The van der Waals surface area contributed by atoms with Crippen LogP contribution in [-0.2, 0) is 0 Å². The summed E-state index contributed by atoms with van der Waals surface area (Å²) in [6.07, 6.45) is 3.27. The van der Waals surface area contributed by atoms with Crippen molar-refractivity contribution < 1.29 is 4.39 Å². The molecule has 0 aromatic heterocycles. The number of nitrogens with zero attached hydrogens (tertiary/aromatic N) is 1. The third kappa shape index (κ3) is 2.78. The minimum absolute atomic E-state index is 0.253. The molecule has 2 rings (SSSR count). The van der Waals surface area contributed by atoms with Crippen LogP contribution >= 0.6 is 15.9 Å². The van der Waals surface area contributed by atoms with Gasteiger partial charge in [0.15, 0.2) is 0 Å². The van der Waals surface area contributed by atoms with Crippen molar-refractivity contribution in [1.82, 2.24) is 0 Å². The van der Waals surface area contributed by atoms with Crippen molar-refractivity contribution in [1.29, 1.82) is 0 Å². The number of hydrogen-bond donors (Lipinski definition) is 1. The molecule has 1 aromatic rings. The highest BCUT2D eigenvalue weighted by Gasteiger charge is 2.06. The molecule has 0 aliphatic carbocycles. The molecule has 0 bridgehead atoms. The molecule has 0 saturated heterocycles. The Balaban J connectivity index is 2.10. The van der Waals surface area contributed by atoms with Crippen LogP contribution in [0.4, 0.5) is 10.1 Å². The number of nitrogens with one attached hydrogen (secondary N) is 1. The zero-order chi connectivity index (χ0) is 10.7. The van der Waals surface area contributed by atoms with E-state index in [-0.39, 0.29) is 5.82 Å². The Morgan fingerprint density at radius 3 is 2.87 bits per heavy atom. The molecule has 1 aliphatic heterocycles. The lowest BCUT2D eigenvalue weighted by molar-refractivity contribution is 0.622. The Hall–Kier alpha value is -0.900. The van der Waals surface area contributed by atoms with Crippen molar-refractivity contribution >= 4 is 27.5 Å². The Morgan fingerprint density at radius 2 is 2.20 bits per heavy atom. The summed E-state index contributed by atoms with van der Waals surface area (Å²) in [5, 5.41) is 3.14. The molecule has 1 aromatic carbocycles. The first-order chi connectivity index (χ1) is 7.25. The summed E-state index contributed by atoms with van der Waals surface area (Å²) in [5.41, 5.74) is 0.761. The van der Waals surface area contributed by atoms with Crippen molar-refractivity contribution in [2.45, 2.75) is 19.3 Å². The summed E-state index contributed by atoms with van der Waals surface area (Å²) in [4.78, 5) is 4.35. The standard InChI is InChI=1S/C11H12BrFN2/c12-9-5-4-8(7-10(9)13)15-11-3-1-2-6-14-11/h4-5,7H,1-3,6H2,(H,14,15). The van der Waals surface area contributed by atoms with Crippen LogP contribution in [0.25, 0.3) is 0 Å². The molecule has 1 heterocycles. The van der Waals surface area contributed by atoms with Crippen molar-refractivity contribution in [3.05, 3.63) is 28.5 Å². The fraction of sp³-hybridized carbons (Fsp3) is 0.364. The van der Waals surface area contributed by atoms with Gasteiger partial charge in [0, 0.05) is 18.7 Å². The highest BCUT2D eigenvalue weighted by atomic mass is 79.9. The van der Waals surface area contributed by atoms with Gasteiger partial charge in [-0.3, -0.25) is 4.99 Å². The molecule has 1 N–H and O–H groups in total. The van der Waals surface area contributed by atoms with Crippen LogP contribution in [0.2, 0.25) is 0 Å². The van der Waals surface area contributed by atoms with Crippen molar-refractivity contribution in [3.8, 4) is 0 Å². The van der Waals surface area contributed by atoms with Crippen LogP contribution in [0.15, 0.2) is 27.7 Å². The molecule has 1 aliphatic rings. The van der Waals surface area contributed by atoms with Crippen LogP contribution in [0.3, 0.4) is 0 Å². The molecule has 15 heavy (non-hydrogen) atoms. The summed E-state index contributed by atoms with van der Waals surface area (Å²) >= 11 is 3.12. The summed E-state index contributed by atoms with van der Waals surface area (Å²) in [7, 11) is 0. The van der Waals surface area contributed by atoms with Gasteiger partial charge in [-0.15, -0.1) is 0 Å². The average Bonchev–Trinajstić information content (AvgIpc) is 2.25. The first-order valence-electron chi connectivity index (χ1n) is 5.01. The summed E-state index contributed by atoms with van der Waals surface area (Å²) in [6, 6.07) is 5.01. The van der Waals surface area contributed by atoms with E-state index in [1.165, 1.54) is 6.07 Å². The van der Waals surface area contributed by atoms with E-state index in [1.54, 1.807) is 6.07 Å². The molecule has 2 nitrogen and oxygen atoms in total. The maximum atomic E-state index is 13.2. The smallest absolute Gasteiger partial charge is 0.139 e. The number of benzene rings is 1. The molecule has 0 amide bonds. The Morgan fingerprint density at radius 1 is 1.33 bits per heavy atom. The average molecular weight is 271 g/mol. The molecular formula is C11H12BrFN2. The fourth-order valence-electron chi connectivity index (χ4n) is 1.54.